The number of amides is 4. The van der Waals surface area contributed by atoms with Gasteiger partial charge in [0, 0.05) is 19.7 Å². The molecule has 1 aromatic rings. The molecule has 0 bridgehead atoms. The van der Waals surface area contributed by atoms with Crippen LogP contribution in [-0.2, 0) is 9.59 Å². The molecule has 28 heavy (non-hydrogen) atoms. The van der Waals surface area contributed by atoms with Gasteiger partial charge in [-0.25, -0.2) is 4.79 Å². The van der Waals surface area contributed by atoms with Gasteiger partial charge in [0.15, 0.2) is 0 Å². The van der Waals surface area contributed by atoms with Gasteiger partial charge in [-0.15, -0.1) is 0 Å². The van der Waals surface area contributed by atoms with Crippen molar-refractivity contribution in [2.24, 2.45) is 0 Å². The van der Waals surface area contributed by atoms with E-state index in [4.69, 9.17) is 4.74 Å². The second-order valence-corrected chi connectivity index (χ2v) is 7.75. The number of likely N-dealkylation sites (N-methyl/N-ethyl adjacent to an activating group) is 2. The first-order valence-corrected chi connectivity index (χ1v) is 9.82. The summed E-state index contributed by atoms with van der Waals surface area (Å²) in [5.41, 5.74) is 0.114. The van der Waals surface area contributed by atoms with Crippen molar-refractivity contribution >= 4 is 17.8 Å². The lowest BCUT2D eigenvalue weighted by Gasteiger charge is -2.35. The van der Waals surface area contributed by atoms with E-state index in [0.717, 1.165) is 29.7 Å². The molecule has 7 heteroatoms. The summed E-state index contributed by atoms with van der Waals surface area (Å²) in [5.74, 6) is 0.191. The van der Waals surface area contributed by atoms with Gasteiger partial charge in [-0.2, -0.15) is 0 Å². The molecule has 152 valence electrons. The Hall–Kier alpha value is -2.57. The summed E-state index contributed by atoms with van der Waals surface area (Å²) in [6.07, 6.45) is 4.28. The fraction of sp³-hybridized carbons (Fsp3) is 0.571. The number of imide groups is 1. The lowest BCUT2D eigenvalue weighted by Crippen LogP contribution is -2.49. The number of para-hydroxylation sites is 1. The van der Waals surface area contributed by atoms with E-state index in [2.05, 4.69) is 0 Å². The zero-order valence-electron chi connectivity index (χ0n) is 17.1. The first-order chi connectivity index (χ1) is 13.3. The fourth-order valence-electron chi connectivity index (χ4n) is 4.35. The van der Waals surface area contributed by atoms with Crippen molar-refractivity contribution < 1.29 is 19.1 Å². The standard InChI is InChI=1S/C21H29N3O4/c1-15(16-10-6-7-11-17(16)28-4)22(2)18(25)14-24-19(26)21(23(3)20(24)27)12-8-5-9-13-21/h6-7,10-11,15H,5,8-9,12-14H2,1-4H3. The molecule has 1 saturated carbocycles. The maximum atomic E-state index is 13.1. The summed E-state index contributed by atoms with van der Waals surface area (Å²) in [7, 11) is 4.95. The molecule has 3 rings (SSSR count). The number of methoxy groups -OCH3 is 1. The summed E-state index contributed by atoms with van der Waals surface area (Å²) in [4.78, 5) is 42.9. The summed E-state index contributed by atoms with van der Waals surface area (Å²) in [6, 6.07) is 6.89. The van der Waals surface area contributed by atoms with Crippen LogP contribution in [0.15, 0.2) is 24.3 Å². The van der Waals surface area contributed by atoms with E-state index in [1.54, 1.807) is 31.0 Å². The van der Waals surface area contributed by atoms with Crippen LogP contribution in [0.1, 0.15) is 50.6 Å². The van der Waals surface area contributed by atoms with E-state index in [9.17, 15) is 14.4 Å². The predicted molar refractivity (Wildman–Crippen MR) is 105 cm³/mol. The molecule has 1 unspecified atom stereocenters. The molecular formula is C21H29N3O4. The van der Waals surface area contributed by atoms with Gasteiger partial charge < -0.3 is 14.5 Å². The third kappa shape index (κ3) is 3.23. The molecule has 1 aliphatic heterocycles. The number of hydrogen-bond acceptors (Lipinski definition) is 4. The van der Waals surface area contributed by atoms with Crippen LogP contribution in [0.4, 0.5) is 4.79 Å². The number of urea groups is 1. The van der Waals surface area contributed by atoms with Gasteiger partial charge in [0.1, 0.15) is 17.8 Å². The molecule has 4 amide bonds. The number of carbonyl (C=O) groups is 3. The van der Waals surface area contributed by atoms with Crippen molar-refractivity contribution in [2.45, 2.75) is 50.6 Å². The molecule has 1 spiro atoms. The number of rotatable bonds is 5. The number of benzene rings is 1. The third-order valence-electron chi connectivity index (χ3n) is 6.34. The number of nitrogens with zero attached hydrogens (tertiary/aromatic N) is 3. The van der Waals surface area contributed by atoms with Gasteiger partial charge in [0.25, 0.3) is 5.91 Å². The molecule has 1 aromatic carbocycles. The van der Waals surface area contributed by atoms with Crippen molar-refractivity contribution in [3.63, 3.8) is 0 Å². The Kier molecular flexibility index (Phi) is 5.63. The highest BCUT2D eigenvalue weighted by Crippen LogP contribution is 2.39. The third-order valence-corrected chi connectivity index (χ3v) is 6.34. The molecule has 0 radical (unpaired) electrons. The average molecular weight is 387 g/mol. The van der Waals surface area contributed by atoms with Crippen molar-refractivity contribution in [2.75, 3.05) is 27.7 Å². The topological polar surface area (TPSA) is 70.2 Å². The summed E-state index contributed by atoms with van der Waals surface area (Å²) in [6.45, 7) is 1.66. The Balaban J connectivity index is 1.75. The molecular weight excluding hydrogens is 358 g/mol. The van der Waals surface area contributed by atoms with Crippen LogP contribution in [0.2, 0.25) is 0 Å². The van der Waals surface area contributed by atoms with Crippen LogP contribution in [0.5, 0.6) is 5.75 Å². The minimum absolute atomic E-state index is 0.230. The average Bonchev–Trinajstić information content (AvgIpc) is 2.89. The predicted octanol–water partition coefficient (Wildman–Crippen LogP) is 2.81. The summed E-state index contributed by atoms with van der Waals surface area (Å²) < 4.78 is 5.39. The Morgan fingerprint density at radius 3 is 2.50 bits per heavy atom. The van der Waals surface area contributed by atoms with Crippen molar-refractivity contribution in [3.8, 4) is 5.75 Å². The van der Waals surface area contributed by atoms with Gasteiger partial charge in [-0.3, -0.25) is 14.5 Å². The van der Waals surface area contributed by atoms with E-state index in [0.29, 0.717) is 18.6 Å². The molecule has 7 nitrogen and oxygen atoms in total. The Morgan fingerprint density at radius 2 is 1.86 bits per heavy atom. The molecule has 1 aliphatic carbocycles. The van der Waals surface area contributed by atoms with Gasteiger partial charge in [0.2, 0.25) is 5.91 Å². The second-order valence-electron chi connectivity index (χ2n) is 7.75. The Bertz CT molecular complexity index is 773. The van der Waals surface area contributed by atoms with Gasteiger partial charge in [-0.1, -0.05) is 37.5 Å². The molecule has 2 aliphatic rings. The molecule has 1 saturated heterocycles. The monoisotopic (exact) mass is 387 g/mol. The van der Waals surface area contributed by atoms with Crippen molar-refractivity contribution in [3.05, 3.63) is 29.8 Å². The first kappa shape index (κ1) is 20.2. The fourth-order valence-corrected chi connectivity index (χ4v) is 4.35. The van der Waals surface area contributed by atoms with Crippen molar-refractivity contribution in [1.29, 1.82) is 0 Å². The molecule has 1 heterocycles. The minimum atomic E-state index is -0.761. The highest BCUT2D eigenvalue weighted by Gasteiger charge is 2.56. The zero-order chi connectivity index (χ0) is 20.5. The van der Waals surface area contributed by atoms with E-state index in [1.807, 2.05) is 31.2 Å². The lowest BCUT2D eigenvalue weighted by molar-refractivity contribution is -0.140. The summed E-state index contributed by atoms with van der Waals surface area (Å²) in [5, 5.41) is 0. The summed E-state index contributed by atoms with van der Waals surface area (Å²) >= 11 is 0. The number of carbonyl (C=O) groups excluding carboxylic acids is 3. The van der Waals surface area contributed by atoms with E-state index in [1.165, 1.54) is 0 Å². The van der Waals surface area contributed by atoms with Crippen LogP contribution in [0.25, 0.3) is 0 Å². The molecule has 1 atom stereocenters. The van der Waals surface area contributed by atoms with Gasteiger partial charge >= 0.3 is 6.03 Å². The molecule has 0 aromatic heterocycles. The zero-order valence-corrected chi connectivity index (χ0v) is 17.1. The molecule has 2 fully saturated rings. The minimum Gasteiger partial charge on any atom is -0.496 e. The van der Waals surface area contributed by atoms with E-state index < -0.39 is 5.54 Å². The first-order valence-electron chi connectivity index (χ1n) is 9.82. The van der Waals surface area contributed by atoms with Crippen LogP contribution in [0, 0.1) is 0 Å². The van der Waals surface area contributed by atoms with Gasteiger partial charge in [0.05, 0.1) is 13.2 Å². The van der Waals surface area contributed by atoms with Crippen LogP contribution in [0.3, 0.4) is 0 Å². The maximum absolute atomic E-state index is 13.1. The quantitative estimate of drug-likeness (QED) is 0.729. The SMILES string of the molecule is COc1ccccc1C(C)N(C)C(=O)CN1C(=O)N(C)C2(CCCCC2)C1=O. The van der Waals surface area contributed by atoms with Crippen LogP contribution in [-0.4, -0.2) is 65.8 Å². The normalized spacial score (nSPS) is 19.9. The highest BCUT2D eigenvalue weighted by atomic mass is 16.5. The second kappa shape index (κ2) is 7.81. The smallest absolute Gasteiger partial charge is 0.327 e. The van der Waals surface area contributed by atoms with Gasteiger partial charge in [-0.05, 0) is 25.8 Å². The van der Waals surface area contributed by atoms with Crippen LogP contribution >= 0.6 is 0 Å². The number of ether oxygens (including phenoxy) is 1. The lowest BCUT2D eigenvalue weighted by atomic mass is 9.81. The molecule has 0 N–H and O–H groups in total. The van der Waals surface area contributed by atoms with E-state index in [-0.39, 0.29) is 30.4 Å². The maximum Gasteiger partial charge on any atom is 0.327 e. The highest BCUT2D eigenvalue weighted by molar-refractivity contribution is 6.08. The number of hydrogen-bond donors (Lipinski definition) is 0. The van der Waals surface area contributed by atoms with Crippen molar-refractivity contribution in [1.82, 2.24) is 14.7 Å². The Morgan fingerprint density at radius 1 is 1.21 bits per heavy atom. The largest absolute Gasteiger partial charge is 0.496 e. The van der Waals surface area contributed by atoms with E-state index >= 15 is 0 Å². The van der Waals surface area contributed by atoms with Crippen LogP contribution < -0.4 is 4.74 Å². The Labute approximate surface area is 166 Å².